The molecule has 2 atom stereocenters. The maximum Gasteiger partial charge on any atom is 0.116 e. The van der Waals surface area contributed by atoms with Crippen LogP contribution in [0.5, 0.6) is 0 Å². The lowest BCUT2D eigenvalue weighted by Gasteiger charge is -2.36. The van der Waals surface area contributed by atoms with Crippen LogP contribution in [0.3, 0.4) is 0 Å². The van der Waals surface area contributed by atoms with Crippen LogP contribution in [0.25, 0.3) is 0 Å². The van der Waals surface area contributed by atoms with E-state index in [0.29, 0.717) is 18.5 Å². The second-order valence-electron chi connectivity index (χ2n) is 4.06. The van der Waals surface area contributed by atoms with Crippen LogP contribution in [0.1, 0.15) is 33.6 Å². The van der Waals surface area contributed by atoms with Gasteiger partial charge in [0.05, 0.1) is 0 Å². The number of nitrogens with zero attached hydrogens (tertiary/aromatic N) is 1. The molecule has 1 aliphatic heterocycles. The highest BCUT2D eigenvalue weighted by Crippen LogP contribution is 2.24. The first-order chi connectivity index (χ1) is 5.65. The van der Waals surface area contributed by atoms with E-state index in [0.717, 1.165) is 19.4 Å². The highest BCUT2D eigenvalue weighted by atomic mass is 19.1. The summed E-state index contributed by atoms with van der Waals surface area (Å²) in [5.41, 5.74) is 0. The van der Waals surface area contributed by atoms with Crippen LogP contribution < -0.4 is 0 Å². The molecule has 0 spiro atoms. The summed E-state index contributed by atoms with van der Waals surface area (Å²) < 4.78 is 13.4. The number of alkyl halides is 1. The average molecular weight is 173 g/mol. The zero-order valence-electron chi connectivity index (χ0n) is 8.39. The molecule has 0 aromatic rings. The fourth-order valence-electron chi connectivity index (χ4n) is 1.91. The summed E-state index contributed by atoms with van der Waals surface area (Å²) in [5, 5.41) is 0. The fourth-order valence-corrected chi connectivity index (χ4v) is 1.91. The van der Waals surface area contributed by atoms with Crippen molar-refractivity contribution in [3.63, 3.8) is 0 Å². The minimum absolute atomic E-state index is 0.319. The molecule has 0 unspecified atom stereocenters. The predicted octanol–water partition coefficient (Wildman–Crippen LogP) is 2.46. The van der Waals surface area contributed by atoms with E-state index in [9.17, 15) is 4.39 Å². The zero-order valence-corrected chi connectivity index (χ0v) is 8.39. The Labute approximate surface area is 74.9 Å². The number of hydrogen-bond acceptors (Lipinski definition) is 1. The van der Waals surface area contributed by atoms with Crippen molar-refractivity contribution < 1.29 is 4.39 Å². The van der Waals surface area contributed by atoms with Crippen molar-refractivity contribution in [1.82, 2.24) is 4.90 Å². The third kappa shape index (κ3) is 2.19. The monoisotopic (exact) mass is 173 g/mol. The predicted molar refractivity (Wildman–Crippen MR) is 50.0 cm³/mol. The first-order valence-corrected chi connectivity index (χ1v) is 5.03. The Morgan fingerprint density at radius 2 is 2.17 bits per heavy atom. The van der Waals surface area contributed by atoms with E-state index >= 15 is 0 Å². The number of hydrogen-bond donors (Lipinski definition) is 0. The van der Waals surface area contributed by atoms with Crippen molar-refractivity contribution >= 4 is 0 Å². The summed E-state index contributed by atoms with van der Waals surface area (Å²) in [6, 6.07) is 0.501. The second kappa shape index (κ2) is 4.22. The topological polar surface area (TPSA) is 3.24 Å². The van der Waals surface area contributed by atoms with Crippen LogP contribution in [-0.2, 0) is 0 Å². The maximum absolute atomic E-state index is 13.4. The molecule has 1 rings (SSSR count). The van der Waals surface area contributed by atoms with E-state index in [1.165, 1.54) is 0 Å². The lowest BCUT2D eigenvalue weighted by atomic mass is 9.92. The van der Waals surface area contributed by atoms with Gasteiger partial charge in [0.2, 0.25) is 0 Å². The van der Waals surface area contributed by atoms with Crippen molar-refractivity contribution in [2.24, 2.45) is 5.92 Å². The van der Waals surface area contributed by atoms with Crippen LogP contribution >= 0.6 is 0 Å². The molecule has 0 aliphatic carbocycles. The minimum atomic E-state index is -0.592. The molecule has 1 nitrogen and oxygen atoms in total. The Morgan fingerprint density at radius 1 is 1.50 bits per heavy atom. The lowest BCUT2D eigenvalue weighted by Crippen LogP contribution is -2.44. The van der Waals surface area contributed by atoms with Gasteiger partial charge in [0, 0.05) is 12.6 Å². The Kier molecular flexibility index (Phi) is 3.51. The van der Waals surface area contributed by atoms with E-state index in [-0.39, 0.29) is 0 Å². The van der Waals surface area contributed by atoms with Gasteiger partial charge in [0.25, 0.3) is 0 Å². The minimum Gasteiger partial charge on any atom is -0.298 e. The molecule has 0 amide bonds. The van der Waals surface area contributed by atoms with Gasteiger partial charge in [-0.05, 0) is 32.7 Å². The summed E-state index contributed by atoms with van der Waals surface area (Å²) in [5.74, 6) is 0.319. The molecule has 0 saturated carbocycles. The van der Waals surface area contributed by atoms with Crippen LogP contribution in [0.2, 0.25) is 0 Å². The smallest absolute Gasteiger partial charge is 0.116 e. The molecule has 72 valence electrons. The van der Waals surface area contributed by atoms with Crippen molar-refractivity contribution in [2.45, 2.75) is 45.8 Å². The van der Waals surface area contributed by atoms with Gasteiger partial charge in [0.1, 0.15) is 6.17 Å². The first-order valence-electron chi connectivity index (χ1n) is 5.03. The summed E-state index contributed by atoms with van der Waals surface area (Å²) in [4.78, 5) is 2.23. The Hall–Kier alpha value is -0.110. The normalized spacial score (nSPS) is 32.8. The molecule has 2 heteroatoms. The second-order valence-corrected chi connectivity index (χ2v) is 4.06. The van der Waals surface area contributed by atoms with Crippen molar-refractivity contribution in [1.29, 1.82) is 0 Å². The number of rotatable bonds is 2. The van der Waals surface area contributed by atoms with Gasteiger partial charge < -0.3 is 0 Å². The molecule has 12 heavy (non-hydrogen) atoms. The van der Waals surface area contributed by atoms with Gasteiger partial charge >= 0.3 is 0 Å². The van der Waals surface area contributed by atoms with Crippen LogP contribution in [0.15, 0.2) is 0 Å². The van der Waals surface area contributed by atoms with Gasteiger partial charge in [-0.3, -0.25) is 4.90 Å². The van der Waals surface area contributed by atoms with Crippen LogP contribution in [0.4, 0.5) is 4.39 Å². The third-order valence-electron chi connectivity index (χ3n) is 2.96. The first kappa shape index (κ1) is 9.97. The number of likely N-dealkylation sites (tertiary alicyclic amines) is 1. The summed E-state index contributed by atoms with van der Waals surface area (Å²) in [6.07, 6.45) is 1.44. The molecule has 0 N–H and O–H groups in total. The molecule has 1 heterocycles. The summed E-state index contributed by atoms with van der Waals surface area (Å²) in [6.45, 7) is 8.09. The largest absolute Gasteiger partial charge is 0.298 e. The molecule has 1 aliphatic rings. The van der Waals surface area contributed by atoms with E-state index in [1.807, 2.05) is 0 Å². The highest BCUT2D eigenvalue weighted by molar-refractivity contribution is 4.80. The van der Waals surface area contributed by atoms with Gasteiger partial charge in [0.15, 0.2) is 0 Å². The molecule has 0 aromatic heterocycles. The Bertz CT molecular complexity index is 136. The van der Waals surface area contributed by atoms with Gasteiger partial charge in [-0.2, -0.15) is 0 Å². The molecule has 0 radical (unpaired) electrons. The average Bonchev–Trinajstić information content (AvgIpc) is 2.04. The zero-order chi connectivity index (χ0) is 9.14. The van der Waals surface area contributed by atoms with Crippen molar-refractivity contribution in [2.75, 3.05) is 13.1 Å². The fraction of sp³-hybridized carbons (Fsp3) is 1.00. The van der Waals surface area contributed by atoms with E-state index in [2.05, 4.69) is 25.7 Å². The van der Waals surface area contributed by atoms with Crippen molar-refractivity contribution in [3.05, 3.63) is 0 Å². The Morgan fingerprint density at radius 3 is 2.58 bits per heavy atom. The number of halogens is 1. The van der Waals surface area contributed by atoms with Gasteiger partial charge in [-0.15, -0.1) is 0 Å². The van der Waals surface area contributed by atoms with Crippen molar-refractivity contribution in [3.8, 4) is 0 Å². The molecule has 1 saturated heterocycles. The SMILES string of the molecule is CC[C@@H]1CCN(C(C)C)C[C@H]1F. The standard InChI is InChI=1S/C10H20FN/c1-4-9-5-6-12(8(2)3)7-10(9)11/h8-10H,4-7H2,1-3H3/t9-,10-/m1/s1. The Balaban J connectivity index is 2.40. The lowest BCUT2D eigenvalue weighted by molar-refractivity contribution is 0.0638. The van der Waals surface area contributed by atoms with E-state index in [4.69, 9.17) is 0 Å². The molecular weight excluding hydrogens is 153 g/mol. The summed E-state index contributed by atoms with van der Waals surface area (Å²) >= 11 is 0. The molecular formula is C10H20FN. The number of piperidine rings is 1. The van der Waals surface area contributed by atoms with Gasteiger partial charge in [-0.1, -0.05) is 13.3 Å². The van der Waals surface area contributed by atoms with E-state index in [1.54, 1.807) is 0 Å². The summed E-state index contributed by atoms with van der Waals surface area (Å²) in [7, 11) is 0. The van der Waals surface area contributed by atoms with E-state index < -0.39 is 6.17 Å². The van der Waals surface area contributed by atoms with Crippen LogP contribution in [0, 0.1) is 5.92 Å². The third-order valence-corrected chi connectivity index (χ3v) is 2.96. The highest BCUT2D eigenvalue weighted by Gasteiger charge is 2.28. The maximum atomic E-state index is 13.4. The van der Waals surface area contributed by atoms with Crippen LogP contribution in [-0.4, -0.2) is 30.2 Å². The van der Waals surface area contributed by atoms with Gasteiger partial charge in [-0.25, -0.2) is 4.39 Å². The molecule has 0 aromatic carbocycles. The quantitative estimate of drug-likeness (QED) is 0.620. The molecule has 1 fully saturated rings. The molecule has 0 bridgehead atoms.